The van der Waals surface area contributed by atoms with E-state index in [1.165, 1.54) is 5.69 Å². The molecule has 4 nitrogen and oxygen atoms in total. The van der Waals surface area contributed by atoms with Gasteiger partial charge in [-0.3, -0.25) is 9.97 Å². The van der Waals surface area contributed by atoms with Crippen molar-refractivity contribution in [3.8, 4) is 11.1 Å². The molecule has 1 fully saturated rings. The largest absolute Gasteiger partial charge is 0.368 e. The summed E-state index contributed by atoms with van der Waals surface area (Å²) >= 11 is 6.24. The van der Waals surface area contributed by atoms with Gasteiger partial charge in [-0.05, 0) is 29.8 Å². The van der Waals surface area contributed by atoms with Gasteiger partial charge in [0.1, 0.15) is 0 Å². The molecular formula is C17H15ClN4. The van der Waals surface area contributed by atoms with Crippen LogP contribution in [0.25, 0.3) is 22.2 Å². The van der Waals surface area contributed by atoms with Gasteiger partial charge in [-0.15, -0.1) is 0 Å². The number of halogens is 1. The second-order valence-corrected chi connectivity index (χ2v) is 6.03. The summed E-state index contributed by atoms with van der Waals surface area (Å²) in [6.45, 7) is 1.80. The maximum absolute atomic E-state index is 6.24. The minimum absolute atomic E-state index is 0.279. The quantitative estimate of drug-likeness (QED) is 0.790. The number of aromatic nitrogens is 2. The zero-order valence-corrected chi connectivity index (χ0v) is 12.7. The van der Waals surface area contributed by atoms with Crippen LogP contribution in [0.4, 0.5) is 5.69 Å². The van der Waals surface area contributed by atoms with Crippen LogP contribution >= 0.6 is 11.6 Å². The fraction of sp³-hybridized carbons (Fsp3) is 0.176. The molecule has 2 N–H and O–H groups in total. The van der Waals surface area contributed by atoms with Gasteiger partial charge in [0.2, 0.25) is 0 Å². The Bertz CT molecular complexity index is 843. The number of nitrogens with zero attached hydrogens (tertiary/aromatic N) is 3. The molecule has 1 aliphatic heterocycles. The van der Waals surface area contributed by atoms with E-state index in [1.54, 1.807) is 12.4 Å². The average Bonchev–Trinajstić information content (AvgIpc) is 2.51. The number of anilines is 1. The third-order valence-corrected chi connectivity index (χ3v) is 4.19. The van der Waals surface area contributed by atoms with E-state index in [-0.39, 0.29) is 6.04 Å². The van der Waals surface area contributed by atoms with Crippen molar-refractivity contribution in [1.82, 2.24) is 9.97 Å². The van der Waals surface area contributed by atoms with Crippen molar-refractivity contribution in [1.29, 1.82) is 0 Å². The van der Waals surface area contributed by atoms with Gasteiger partial charge in [0.15, 0.2) is 0 Å². The number of rotatable bonds is 2. The molecule has 1 saturated heterocycles. The summed E-state index contributed by atoms with van der Waals surface area (Å²) in [5.41, 5.74) is 10.8. The first-order valence-electron chi connectivity index (χ1n) is 7.22. The zero-order valence-electron chi connectivity index (χ0n) is 11.9. The molecule has 0 amide bonds. The summed E-state index contributed by atoms with van der Waals surface area (Å²) in [6.07, 6.45) is 3.39. The Balaban J connectivity index is 1.83. The van der Waals surface area contributed by atoms with Crippen molar-refractivity contribution in [3.63, 3.8) is 0 Å². The van der Waals surface area contributed by atoms with E-state index in [4.69, 9.17) is 17.3 Å². The van der Waals surface area contributed by atoms with Gasteiger partial charge in [0, 0.05) is 47.8 Å². The van der Waals surface area contributed by atoms with Crippen LogP contribution in [0.2, 0.25) is 5.02 Å². The predicted molar refractivity (Wildman–Crippen MR) is 90.2 cm³/mol. The van der Waals surface area contributed by atoms with Crippen LogP contribution in [0.3, 0.4) is 0 Å². The van der Waals surface area contributed by atoms with Crippen molar-refractivity contribution < 1.29 is 0 Å². The number of benzene rings is 2. The number of nitrogens with two attached hydrogens (primary N) is 1. The van der Waals surface area contributed by atoms with Gasteiger partial charge >= 0.3 is 0 Å². The van der Waals surface area contributed by atoms with Crippen molar-refractivity contribution >= 4 is 28.3 Å². The molecule has 22 heavy (non-hydrogen) atoms. The summed E-state index contributed by atoms with van der Waals surface area (Å²) in [7, 11) is 0. The number of hydrogen-bond donors (Lipinski definition) is 1. The van der Waals surface area contributed by atoms with E-state index in [1.807, 2.05) is 12.1 Å². The third-order valence-electron chi connectivity index (χ3n) is 3.97. The zero-order chi connectivity index (χ0) is 15.1. The van der Waals surface area contributed by atoms with Crippen molar-refractivity contribution in [2.45, 2.75) is 6.04 Å². The molecule has 2 heterocycles. The molecule has 0 spiro atoms. The van der Waals surface area contributed by atoms with Crippen LogP contribution in [0, 0.1) is 0 Å². The fourth-order valence-electron chi connectivity index (χ4n) is 2.85. The van der Waals surface area contributed by atoms with Gasteiger partial charge in [-0.2, -0.15) is 0 Å². The van der Waals surface area contributed by atoms with Crippen molar-refractivity contribution in [2.24, 2.45) is 5.73 Å². The molecular weight excluding hydrogens is 296 g/mol. The van der Waals surface area contributed by atoms with Gasteiger partial charge in [-0.25, -0.2) is 0 Å². The highest BCUT2D eigenvalue weighted by Crippen LogP contribution is 2.32. The Labute approximate surface area is 133 Å². The SMILES string of the molecule is NC1CN(c2cccc(-c3cc(Cl)cc4nccnc34)c2)C1. The molecule has 0 saturated carbocycles. The molecule has 0 radical (unpaired) electrons. The number of fused-ring (bicyclic) bond motifs is 1. The molecule has 5 heteroatoms. The Morgan fingerprint density at radius 3 is 2.73 bits per heavy atom. The molecule has 3 aromatic rings. The summed E-state index contributed by atoms with van der Waals surface area (Å²) in [5.74, 6) is 0. The molecule has 110 valence electrons. The average molecular weight is 311 g/mol. The van der Waals surface area contributed by atoms with Crippen LogP contribution in [0.1, 0.15) is 0 Å². The van der Waals surface area contributed by atoms with Crippen LogP contribution in [-0.2, 0) is 0 Å². The Morgan fingerprint density at radius 1 is 1.09 bits per heavy atom. The van der Waals surface area contributed by atoms with Crippen molar-refractivity contribution in [3.05, 3.63) is 53.8 Å². The molecule has 0 bridgehead atoms. The van der Waals surface area contributed by atoms with E-state index < -0.39 is 0 Å². The standard InChI is InChI=1S/C17H15ClN4/c18-12-7-15(17-16(8-12)20-4-5-21-17)11-2-1-3-14(6-11)22-9-13(19)10-22/h1-8,13H,9-10,19H2. The minimum atomic E-state index is 0.279. The van der Waals surface area contributed by atoms with E-state index in [0.29, 0.717) is 5.02 Å². The molecule has 1 aliphatic rings. The van der Waals surface area contributed by atoms with E-state index in [9.17, 15) is 0 Å². The summed E-state index contributed by atoms with van der Waals surface area (Å²) in [5, 5.41) is 0.666. The lowest BCUT2D eigenvalue weighted by molar-refractivity contribution is 0.519. The first kappa shape index (κ1) is 13.5. The minimum Gasteiger partial charge on any atom is -0.368 e. The van der Waals surface area contributed by atoms with Gasteiger partial charge in [-0.1, -0.05) is 23.7 Å². The van der Waals surface area contributed by atoms with Gasteiger partial charge in [0.05, 0.1) is 11.0 Å². The predicted octanol–water partition coefficient (Wildman–Crippen LogP) is 3.10. The highest BCUT2D eigenvalue weighted by molar-refractivity contribution is 6.31. The Morgan fingerprint density at radius 2 is 1.91 bits per heavy atom. The fourth-order valence-corrected chi connectivity index (χ4v) is 3.07. The summed E-state index contributed by atoms with van der Waals surface area (Å²) < 4.78 is 0. The second-order valence-electron chi connectivity index (χ2n) is 5.59. The highest BCUT2D eigenvalue weighted by atomic mass is 35.5. The topological polar surface area (TPSA) is 55.0 Å². The summed E-state index contributed by atoms with van der Waals surface area (Å²) in [6, 6.07) is 12.5. The van der Waals surface area contributed by atoms with Gasteiger partial charge in [0.25, 0.3) is 0 Å². The van der Waals surface area contributed by atoms with Crippen LogP contribution in [0.15, 0.2) is 48.8 Å². The molecule has 0 aliphatic carbocycles. The van der Waals surface area contributed by atoms with Gasteiger partial charge < -0.3 is 10.6 Å². The van der Waals surface area contributed by atoms with Crippen LogP contribution < -0.4 is 10.6 Å². The maximum atomic E-state index is 6.24. The normalized spacial score (nSPS) is 15.1. The molecule has 0 unspecified atom stereocenters. The molecule has 0 atom stereocenters. The lowest BCUT2D eigenvalue weighted by Crippen LogP contribution is -2.55. The number of hydrogen-bond acceptors (Lipinski definition) is 4. The summed E-state index contributed by atoms with van der Waals surface area (Å²) in [4.78, 5) is 11.1. The van der Waals surface area contributed by atoms with E-state index in [2.05, 4.69) is 39.1 Å². The van der Waals surface area contributed by atoms with Crippen LogP contribution in [-0.4, -0.2) is 29.1 Å². The first-order valence-corrected chi connectivity index (χ1v) is 7.60. The highest BCUT2D eigenvalue weighted by Gasteiger charge is 2.23. The van der Waals surface area contributed by atoms with E-state index in [0.717, 1.165) is 35.2 Å². The molecule has 1 aromatic heterocycles. The Hall–Kier alpha value is -2.17. The smallest absolute Gasteiger partial charge is 0.0966 e. The second kappa shape index (κ2) is 5.23. The monoisotopic (exact) mass is 310 g/mol. The lowest BCUT2D eigenvalue weighted by Gasteiger charge is -2.39. The lowest BCUT2D eigenvalue weighted by atomic mass is 10.0. The van der Waals surface area contributed by atoms with Crippen molar-refractivity contribution in [2.75, 3.05) is 18.0 Å². The first-order chi connectivity index (χ1) is 10.7. The molecule has 2 aromatic carbocycles. The Kier molecular flexibility index (Phi) is 3.21. The van der Waals surface area contributed by atoms with Crippen LogP contribution in [0.5, 0.6) is 0 Å². The van der Waals surface area contributed by atoms with E-state index >= 15 is 0 Å². The third kappa shape index (κ3) is 2.30. The molecule has 4 rings (SSSR count). The maximum Gasteiger partial charge on any atom is 0.0966 e.